The topological polar surface area (TPSA) is 34.2 Å². The van der Waals surface area contributed by atoms with E-state index in [-0.39, 0.29) is 5.02 Å². The number of nitrogens with zero attached hydrogens (tertiary/aromatic N) is 1. The van der Waals surface area contributed by atoms with Crippen LogP contribution in [0.1, 0.15) is 25.0 Å². The number of pyridine rings is 1. The van der Waals surface area contributed by atoms with Gasteiger partial charge in [-0.2, -0.15) is 0 Å². The summed E-state index contributed by atoms with van der Waals surface area (Å²) in [5, 5.41) is 3.36. The molecule has 0 atom stereocenters. The molecule has 2 rings (SSSR count). The van der Waals surface area contributed by atoms with Crippen molar-refractivity contribution in [3.63, 3.8) is 0 Å². The molecule has 1 heterocycles. The summed E-state index contributed by atoms with van der Waals surface area (Å²) in [6.07, 6.45) is 1.77. The van der Waals surface area contributed by atoms with Gasteiger partial charge in [0.2, 0.25) is 5.88 Å². The molecular weight excluding hydrogens is 291 g/mol. The fourth-order valence-corrected chi connectivity index (χ4v) is 1.97. The van der Waals surface area contributed by atoms with Gasteiger partial charge in [0.05, 0.1) is 5.02 Å². The molecule has 0 aliphatic carbocycles. The third-order valence-electron chi connectivity index (χ3n) is 2.91. The largest absolute Gasteiger partial charge is 0.439 e. The first-order valence-corrected chi connectivity index (χ1v) is 7.15. The summed E-state index contributed by atoms with van der Waals surface area (Å²) in [5.41, 5.74) is 2.00. The minimum absolute atomic E-state index is 0.0305. The van der Waals surface area contributed by atoms with Gasteiger partial charge in [0, 0.05) is 30.4 Å². The Morgan fingerprint density at radius 3 is 2.71 bits per heavy atom. The van der Waals surface area contributed by atoms with E-state index < -0.39 is 5.82 Å². The van der Waals surface area contributed by atoms with Gasteiger partial charge in [-0.3, -0.25) is 0 Å². The summed E-state index contributed by atoms with van der Waals surface area (Å²) in [5.74, 6) is 0.486. The number of rotatable bonds is 5. The maximum absolute atomic E-state index is 13.1. The highest BCUT2D eigenvalue weighted by atomic mass is 35.5. The minimum atomic E-state index is -0.469. The van der Waals surface area contributed by atoms with Crippen molar-refractivity contribution in [2.24, 2.45) is 0 Å². The van der Waals surface area contributed by atoms with Gasteiger partial charge >= 0.3 is 0 Å². The molecule has 0 unspecified atom stereocenters. The number of hydrogen-bond acceptors (Lipinski definition) is 3. The molecule has 112 valence electrons. The second-order valence-electron chi connectivity index (χ2n) is 5.18. The zero-order chi connectivity index (χ0) is 15.4. The van der Waals surface area contributed by atoms with E-state index in [9.17, 15) is 4.39 Å². The molecule has 0 aliphatic rings. The third kappa shape index (κ3) is 4.41. The normalized spacial score (nSPS) is 11.0. The predicted molar refractivity (Wildman–Crippen MR) is 82.4 cm³/mol. The van der Waals surface area contributed by atoms with Crippen LogP contribution in [-0.2, 0) is 6.54 Å². The van der Waals surface area contributed by atoms with Crippen LogP contribution in [0.5, 0.6) is 11.6 Å². The summed E-state index contributed by atoms with van der Waals surface area (Å²) >= 11 is 5.73. The highest BCUT2D eigenvalue weighted by molar-refractivity contribution is 6.30. The average Bonchev–Trinajstić information content (AvgIpc) is 2.43. The highest BCUT2D eigenvalue weighted by Crippen LogP contribution is 2.27. The summed E-state index contributed by atoms with van der Waals surface area (Å²) in [6.45, 7) is 6.87. The molecule has 1 aromatic heterocycles. The molecular formula is C16H18ClFN2O. The average molecular weight is 309 g/mol. The maximum Gasteiger partial charge on any atom is 0.222 e. The van der Waals surface area contributed by atoms with Crippen molar-refractivity contribution in [2.75, 3.05) is 0 Å². The Hall–Kier alpha value is -1.65. The van der Waals surface area contributed by atoms with Crippen molar-refractivity contribution < 1.29 is 9.13 Å². The zero-order valence-corrected chi connectivity index (χ0v) is 13.0. The number of ether oxygens (including phenoxy) is 1. The monoisotopic (exact) mass is 308 g/mol. The van der Waals surface area contributed by atoms with Crippen molar-refractivity contribution >= 4 is 11.6 Å². The Bertz CT molecular complexity index is 632. The lowest BCUT2D eigenvalue weighted by atomic mass is 10.2. The smallest absolute Gasteiger partial charge is 0.222 e. The van der Waals surface area contributed by atoms with E-state index in [0.717, 1.165) is 17.7 Å². The van der Waals surface area contributed by atoms with Crippen molar-refractivity contribution in [3.05, 3.63) is 52.4 Å². The van der Waals surface area contributed by atoms with Crippen LogP contribution < -0.4 is 10.1 Å². The Morgan fingerprint density at radius 2 is 2.10 bits per heavy atom. The molecule has 3 nitrogen and oxygen atoms in total. The van der Waals surface area contributed by atoms with E-state index in [0.29, 0.717) is 17.7 Å². The summed E-state index contributed by atoms with van der Waals surface area (Å²) in [7, 11) is 0. The first-order chi connectivity index (χ1) is 9.95. The van der Waals surface area contributed by atoms with E-state index in [1.807, 2.05) is 13.0 Å². The van der Waals surface area contributed by atoms with Gasteiger partial charge in [-0.1, -0.05) is 25.4 Å². The van der Waals surface area contributed by atoms with E-state index in [1.165, 1.54) is 18.2 Å². The molecule has 21 heavy (non-hydrogen) atoms. The second kappa shape index (κ2) is 6.87. The molecule has 0 fully saturated rings. The Morgan fingerprint density at radius 1 is 1.33 bits per heavy atom. The minimum Gasteiger partial charge on any atom is -0.439 e. The third-order valence-corrected chi connectivity index (χ3v) is 3.20. The molecule has 0 spiro atoms. The number of hydrogen-bond donors (Lipinski definition) is 1. The number of benzene rings is 1. The summed E-state index contributed by atoms with van der Waals surface area (Å²) < 4.78 is 18.8. The summed E-state index contributed by atoms with van der Waals surface area (Å²) in [6, 6.07) is 6.67. The van der Waals surface area contributed by atoms with Crippen molar-refractivity contribution in [1.29, 1.82) is 0 Å². The molecule has 0 saturated heterocycles. The molecule has 0 aliphatic heterocycles. The first kappa shape index (κ1) is 15.7. The van der Waals surface area contributed by atoms with Gasteiger partial charge in [0.15, 0.2) is 0 Å². The fourth-order valence-electron chi connectivity index (χ4n) is 1.80. The molecule has 2 aromatic rings. The molecule has 5 heteroatoms. The van der Waals surface area contributed by atoms with Crippen LogP contribution in [0.2, 0.25) is 5.02 Å². The van der Waals surface area contributed by atoms with Gasteiger partial charge in [-0.25, -0.2) is 9.37 Å². The maximum atomic E-state index is 13.1. The predicted octanol–water partition coefficient (Wildman–Crippen LogP) is 4.47. The van der Waals surface area contributed by atoms with E-state index in [4.69, 9.17) is 16.3 Å². The molecule has 0 saturated carbocycles. The van der Waals surface area contributed by atoms with Crippen LogP contribution in [-0.4, -0.2) is 11.0 Å². The quantitative estimate of drug-likeness (QED) is 0.884. The molecule has 0 radical (unpaired) electrons. The van der Waals surface area contributed by atoms with Crippen molar-refractivity contribution in [2.45, 2.75) is 33.4 Å². The standard InChI is InChI=1S/C16H18ClFN2O/c1-10(2)19-8-12-6-11(3)16(20-9-12)21-13-4-5-15(18)14(17)7-13/h4-7,9-10,19H,8H2,1-3H3. The molecule has 1 aromatic carbocycles. The Labute approximate surface area is 129 Å². The van der Waals surface area contributed by atoms with Gasteiger partial charge in [-0.15, -0.1) is 0 Å². The van der Waals surface area contributed by atoms with Gasteiger partial charge < -0.3 is 10.1 Å². The van der Waals surface area contributed by atoms with Crippen molar-refractivity contribution in [1.82, 2.24) is 10.3 Å². The first-order valence-electron chi connectivity index (χ1n) is 6.77. The number of aromatic nitrogens is 1. The number of nitrogens with one attached hydrogen (secondary N) is 1. The lowest BCUT2D eigenvalue weighted by molar-refractivity contribution is 0.456. The van der Waals surface area contributed by atoms with Crippen LogP contribution in [0.3, 0.4) is 0 Å². The van der Waals surface area contributed by atoms with E-state index in [2.05, 4.69) is 24.1 Å². The lowest BCUT2D eigenvalue weighted by Crippen LogP contribution is -2.21. The molecule has 0 bridgehead atoms. The Kier molecular flexibility index (Phi) is 5.15. The molecule has 0 amide bonds. The van der Waals surface area contributed by atoms with Crippen LogP contribution >= 0.6 is 11.6 Å². The van der Waals surface area contributed by atoms with E-state index in [1.54, 1.807) is 6.20 Å². The van der Waals surface area contributed by atoms with Gasteiger partial charge in [0.1, 0.15) is 11.6 Å². The van der Waals surface area contributed by atoms with E-state index >= 15 is 0 Å². The second-order valence-corrected chi connectivity index (χ2v) is 5.59. The zero-order valence-electron chi connectivity index (χ0n) is 12.3. The van der Waals surface area contributed by atoms with Gasteiger partial charge in [-0.05, 0) is 30.7 Å². The summed E-state index contributed by atoms with van der Waals surface area (Å²) in [4.78, 5) is 4.30. The highest BCUT2D eigenvalue weighted by Gasteiger charge is 2.07. The lowest BCUT2D eigenvalue weighted by Gasteiger charge is -2.11. The van der Waals surface area contributed by atoms with Crippen LogP contribution in [0.25, 0.3) is 0 Å². The SMILES string of the molecule is Cc1cc(CNC(C)C)cnc1Oc1ccc(F)c(Cl)c1. The number of aryl methyl sites for hydroxylation is 1. The van der Waals surface area contributed by atoms with Crippen LogP contribution in [0.15, 0.2) is 30.5 Å². The fraction of sp³-hybridized carbons (Fsp3) is 0.312. The van der Waals surface area contributed by atoms with Gasteiger partial charge in [0.25, 0.3) is 0 Å². The molecule has 1 N–H and O–H groups in total. The Balaban J connectivity index is 2.11. The van der Waals surface area contributed by atoms with Crippen molar-refractivity contribution in [3.8, 4) is 11.6 Å². The number of halogens is 2. The van der Waals surface area contributed by atoms with Crippen LogP contribution in [0, 0.1) is 12.7 Å². The van der Waals surface area contributed by atoms with Crippen LogP contribution in [0.4, 0.5) is 4.39 Å².